The molecule has 4 amide bonds. The van der Waals surface area contributed by atoms with E-state index in [1.807, 2.05) is 37.3 Å². The number of aliphatic carboxylic acids is 2. The van der Waals surface area contributed by atoms with Gasteiger partial charge in [0, 0.05) is 25.1 Å². The number of amides is 4. The van der Waals surface area contributed by atoms with Crippen molar-refractivity contribution in [3.63, 3.8) is 0 Å². The van der Waals surface area contributed by atoms with E-state index in [4.69, 9.17) is 0 Å². The van der Waals surface area contributed by atoms with Gasteiger partial charge >= 0.3 is 11.9 Å². The van der Waals surface area contributed by atoms with E-state index in [1.165, 1.54) is 4.90 Å². The number of nitrogens with one attached hydrogen (secondary N) is 4. The number of hydrogen-bond donors (Lipinski definition) is 7. The minimum absolute atomic E-state index is 0.00720. The summed E-state index contributed by atoms with van der Waals surface area (Å²) >= 11 is 3.74. The Kier molecular flexibility index (Phi) is 12.6. The molecule has 50 heavy (non-hydrogen) atoms. The molecule has 0 aromatic heterocycles. The maximum absolute atomic E-state index is 14.3. The largest absolute Gasteiger partial charge is 0.481 e. The molecule has 0 saturated carbocycles. The molecule has 0 unspecified atom stereocenters. The third-order valence-electron chi connectivity index (χ3n) is 8.89. The van der Waals surface area contributed by atoms with Gasteiger partial charge in [-0.3, -0.25) is 33.6 Å². The lowest BCUT2D eigenvalue weighted by molar-refractivity contribution is -0.146. The average Bonchev–Trinajstić information content (AvgIpc) is 3.49. The Labute approximate surface area is 295 Å². The first-order valence-electron chi connectivity index (χ1n) is 16.5. The first-order chi connectivity index (χ1) is 23.7. The summed E-state index contributed by atoms with van der Waals surface area (Å²) < 4.78 is 0. The molecule has 0 bridgehead atoms. The van der Waals surface area contributed by atoms with E-state index < -0.39 is 83.2 Å². The summed E-state index contributed by atoms with van der Waals surface area (Å²) in [5, 5.41) is 28.7. The molecule has 2 aromatic carbocycles. The predicted octanol–water partition coefficient (Wildman–Crippen LogP) is 1.75. The molecule has 268 valence electrons. The van der Waals surface area contributed by atoms with Gasteiger partial charge in [-0.15, -0.1) is 12.6 Å². The van der Waals surface area contributed by atoms with Crippen molar-refractivity contribution in [2.24, 2.45) is 5.92 Å². The minimum atomic E-state index is -1.45. The predicted molar refractivity (Wildman–Crippen MR) is 185 cm³/mol. The summed E-state index contributed by atoms with van der Waals surface area (Å²) in [7, 11) is 0. The van der Waals surface area contributed by atoms with Gasteiger partial charge in [0.2, 0.25) is 28.7 Å². The summed E-state index contributed by atoms with van der Waals surface area (Å²) in [4.78, 5) is 91.3. The highest BCUT2D eigenvalue weighted by Crippen LogP contribution is 2.32. The summed E-state index contributed by atoms with van der Waals surface area (Å²) in [5.74, 6) is -5.42. The first-order valence-corrected chi connectivity index (χ1v) is 16.9. The van der Waals surface area contributed by atoms with Crippen molar-refractivity contribution in [1.29, 1.82) is 0 Å². The average molecular weight is 710 g/mol. The smallest absolute Gasteiger partial charge is 0.305 e. The van der Waals surface area contributed by atoms with Gasteiger partial charge in [0.15, 0.2) is 0 Å². The van der Waals surface area contributed by atoms with E-state index in [9.17, 15) is 43.8 Å². The van der Waals surface area contributed by atoms with Crippen LogP contribution in [0.4, 0.5) is 5.69 Å². The Balaban J connectivity index is 1.57. The fourth-order valence-corrected chi connectivity index (χ4v) is 6.46. The van der Waals surface area contributed by atoms with Crippen molar-refractivity contribution in [3.8, 4) is 0 Å². The molecule has 15 heteroatoms. The maximum Gasteiger partial charge on any atom is 0.305 e. The van der Waals surface area contributed by atoms with Gasteiger partial charge in [-0.05, 0) is 54.9 Å². The topological polar surface area (TPSA) is 211 Å². The van der Waals surface area contributed by atoms with Gasteiger partial charge in [-0.2, -0.15) is 0 Å². The van der Waals surface area contributed by atoms with Gasteiger partial charge in [0.1, 0.15) is 30.2 Å². The fraction of sp³-hybridized carbons (Fsp3) is 0.457. The molecule has 0 radical (unpaired) electrons. The van der Waals surface area contributed by atoms with Crippen LogP contribution in [0.25, 0.3) is 0 Å². The van der Waals surface area contributed by atoms with Gasteiger partial charge in [0.05, 0.1) is 6.42 Å². The minimum Gasteiger partial charge on any atom is -0.481 e. The van der Waals surface area contributed by atoms with Crippen LogP contribution >= 0.6 is 12.6 Å². The molecule has 2 aromatic rings. The number of aryl methyl sites for hydroxylation is 1. The number of para-hydroxylation sites is 1. The molecule has 2 aliphatic rings. The van der Waals surface area contributed by atoms with E-state index in [1.54, 1.807) is 26.0 Å². The second kappa shape index (κ2) is 16.7. The molecule has 2 heterocycles. The van der Waals surface area contributed by atoms with Crippen LogP contribution in [0.2, 0.25) is 0 Å². The number of anilines is 1. The number of rotatable bonds is 15. The Morgan fingerprint density at radius 1 is 0.920 bits per heavy atom. The second-order valence-corrected chi connectivity index (χ2v) is 13.5. The molecular weight excluding hydrogens is 666 g/mol. The number of fused-ring (bicyclic) bond motifs is 2. The number of hydrogen-bond acceptors (Lipinski definition) is 8. The summed E-state index contributed by atoms with van der Waals surface area (Å²) in [6.45, 7) is 5.38. The molecule has 0 fully saturated rings. The zero-order chi connectivity index (χ0) is 36.7. The lowest BCUT2D eigenvalue weighted by Gasteiger charge is -2.39. The number of benzene rings is 2. The summed E-state index contributed by atoms with van der Waals surface area (Å²) in [5.41, 5.74) is 3.96. The van der Waals surface area contributed by atoms with Crippen LogP contribution in [0.1, 0.15) is 67.8 Å². The van der Waals surface area contributed by atoms with Crippen molar-refractivity contribution < 1.29 is 43.8 Å². The van der Waals surface area contributed by atoms with Gasteiger partial charge in [-0.25, -0.2) is 0 Å². The van der Waals surface area contributed by atoms with E-state index in [0.717, 1.165) is 22.4 Å². The normalized spacial score (nSPS) is 18.1. The summed E-state index contributed by atoms with van der Waals surface area (Å²) in [6.07, 6.45) is -0.0901. The Morgan fingerprint density at radius 2 is 1.62 bits per heavy atom. The van der Waals surface area contributed by atoms with Crippen LogP contribution < -0.4 is 21.3 Å². The van der Waals surface area contributed by atoms with E-state index in [2.05, 4.69) is 33.9 Å². The first kappa shape index (κ1) is 37.9. The van der Waals surface area contributed by atoms with Crippen molar-refractivity contribution >= 4 is 59.0 Å². The highest BCUT2D eigenvalue weighted by Gasteiger charge is 2.41. The van der Waals surface area contributed by atoms with E-state index in [-0.39, 0.29) is 25.8 Å². The van der Waals surface area contributed by atoms with Gasteiger partial charge in [-0.1, -0.05) is 55.8 Å². The molecule has 2 aliphatic heterocycles. The standard InChI is InChI=1S/C35H43N5O9S/c1-18(2)29(39-31(45)24(9-6-10-27(41)42)37-32(46)25-16-21-7-4-5-8-23(21)36-25)34(48)40-14-13-20-15-19(3)11-12-22(20)30(40)33(47)38-26(35(49)50)17-28(43)44/h4-5,7-8,11-12,15,18,24-26,29-30,36H,6,9-10,13-14,16-17H2,1-3H3,(H,37,46)(H,38,47)(H,39,45)(H,41,42)(H,43,44)(H,49,50)/t24-,25-,26-,29-,30-/m0/s1. The molecule has 14 nitrogen and oxygen atoms in total. The third kappa shape index (κ3) is 9.40. The quantitative estimate of drug-likeness (QED) is 0.133. The monoisotopic (exact) mass is 709 g/mol. The van der Waals surface area contributed by atoms with Gasteiger partial charge in [0.25, 0.3) is 0 Å². The fourth-order valence-electron chi connectivity index (χ4n) is 6.30. The third-order valence-corrected chi connectivity index (χ3v) is 9.20. The highest BCUT2D eigenvalue weighted by atomic mass is 32.1. The van der Waals surface area contributed by atoms with Crippen LogP contribution in [-0.4, -0.2) is 86.5 Å². The number of carbonyl (C=O) groups is 7. The second-order valence-electron chi connectivity index (χ2n) is 13.0. The van der Waals surface area contributed by atoms with Crippen LogP contribution in [0.15, 0.2) is 42.5 Å². The molecule has 0 aliphatic carbocycles. The molecule has 5 atom stereocenters. The number of carboxylic acid groups (broad SMARTS) is 2. The zero-order valence-corrected chi connectivity index (χ0v) is 29.0. The SMILES string of the molecule is Cc1ccc2c(c1)CCN(C(=O)[C@@H](NC(=O)[C@H](CCCC(=O)O)NC(=O)[C@@H]1Cc3ccccc3N1)C(C)C)[C@@H]2C(=O)N[C@@H](CC(=O)O)C(=O)S. The van der Waals surface area contributed by atoms with Crippen molar-refractivity contribution in [3.05, 3.63) is 64.7 Å². The lowest BCUT2D eigenvalue weighted by Crippen LogP contribution is -2.59. The van der Waals surface area contributed by atoms with Crippen molar-refractivity contribution in [2.75, 3.05) is 11.9 Å². The van der Waals surface area contributed by atoms with Crippen LogP contribution in [0.3, 0.4) is 0 Å². The lowest BCUT2D eigenvalue weighted by atomic mass is 9.89. The molecule has 6 N–H and O–H groups in total. The summed E-state index contributed by atoms with van der Waals surface area (Å²) in [6, 6.07) is 7.10. The van der Waals surface area contributed by atoms with Crippen LogP contribution in [0, 0.1) is 12.8 Å². The molecule has 0 saturated heterocycles. The number of carboxylic acids is 2. The van der Waals surface area contributed by atoms with Crippen molar-refractivity contribution in [2.45, 2.75) is 89.5 Å². The Morgan fingerprint density at radius 3 is 2.26 bits per heavy atom. The van der Waals surface area contributed by atoms with Crippen LogP contribution in [-0.2, 0) is 46.4 Å². The Bertz CT molecular complexity index is 1640. The molecular formula is C35H43N5O9S. The van der Waals surface area contributed by atoms with Gasteiger partial charge < -0.3 is 36.4 Å². The van der Waals surface area contributed by atoms with E-state index in [0.29, 0.717) is 18.4 Å². The number of thiol groups is 1. The highest BCUT2D eigenvalue weighted by molar-refractivity contribution is 7.96. The van der Waals surface area contributed by atoms with E-state index >= 15 is 0 Å². The Hall–Kier alpha value is -4.92. The molecule has 0 spiro atoms. The van der Waals surface area contributed by atoms with Crippen LogP contribution in [0.5, 0.6) is 0 Å². The van der Waals surface area contributed by atoms with Crippen molar-refractivity contribution in [1.82, 2.24) is 20.9 Å². The zero-order valence-electron chi connectivity index (χ0n) is 28.1. The number of nitrogens with zero attached hydrogens (tertiary/aromatic N) is 1. The number of carbonyl (C=O) groups excluding carboxylic acids is 5. The maximum atomic E-state index is 14.3. The molecule has 4 rings (SSSR count).